The lowest BCUT2D eigenvalue weighted by Gasteiger charge is -2.04. The average molecular weight is 386 g/mol. The number of rotatable bonds is 7. The summed E-state index contributed by atoms with van der Waals surface area (Å²) in [6.45, 7) is 5.27. The summed E-state index contributed by atoms with van der Waals surface area (Å²) in [5.74, 6) is 0. The Hall–Kier alpha value is -3.07. The highest BCUT2D eigenvalue weighted by molar-refractivity contribution is 5.95. The molecule has 4 aromatic rings. The highest BCUT2D eigenvalue weighted by Crippen LogP contribution is 2.25. The van der Waals surface area contributed by atoms with E-state index in [2.05, 4.69) is 48.0 Å². The van der Waals surface area contributed by atoms with Gasteiger partial charge in [0.15, 0.2) is 0 Å². The topological polar surface area (TPSA) is 35.1 Å². The molecule has 0 radical (unpaired) electrons. The zero-order valence-electron chi connectivity index (χ0n) is 17.2. The molecule has 0 saturated carbocycles. The van der Waals surface area contributed by atoms with Crippen molar-refractivity contribution in [3.05, 3.63) is 81.8 Å². The van der Waals surface area contributed by atoms with Crippen LogP contribution in [0.25, 0.3) is 34.0 Å². The van der Waals surface area contributed by atoms with E-state index in [-0.39, 0.29) is 5.63 Å². The number of hydrogen-bond donors (Lipinski definition) is 0. The van der Waals surface area contributed by atoms with Gasteiger partial charge < -0.3 is 8.98 Å². The molecule has 2 aromatic carbocycles. The van der Waals surface area contributed by atoms with E-state index >= 15 is 0 Å². The summed E-state index contributed by atoms with van der Waals surface area (Å²) in [6.07, 6.45) is 11.4. The molecule has 0 fully saturated rings. The summed E-state index contributed by atoms with van der Waals surface area (Å²) in [6, 6.07) is 16.1. The molecule has 29 heavy (non-hydrogen) atoms. The van der Waals surface area contributed by atoms with Crippen molar-refractivity contribution in [1.82, 2.24) is 4.57 Å². The average Bonchev–Trinajstić information content (AvgIpc) is 3.07. The van der Waals surface area contributed by atoms with Gasteiger partial charge in [0.05, 0.1) is 0 Å². The van der Waals surface area contributed by atoms with E-state index in [4.69, 9.17) is 4.42 Å². The number of aromatic nitrogens is 1. The largest absolute Gasteiger partial charge is 0.423 e. The van der Waals surface area contributed by atoms with Crippen molar-refractivity contribution < 1.29 is 4.42 Å². The van der Waals surface area contributed by atoms with Crippen molar-refractivity contribution in [3.63, 3.8) is 0 Å². The summed E-state index contributed by atoms with van der Waals surface area (Å²) < 4.78 is 7.73. The molecule has 0 atom stereocenters. The van der Waals surface area contributed by atoms with Crippen molar-refractivity contribution in [2.45, 2.75) is 46.1 Å². The van der Waals surface area contributed by atoms with E-state index in [1.54, 1.807) is 6.07 Å². The van der Waals surface area contributed by atoms with Gasteiger partial charge in [-0.15, -0.1) is 0 Å². The molecular formula is C26H27NO2. The van der Waals surface area contributed by atoms with Crippen molar-refractivity contribution in [1.29, 1.82) is 0 Å². The molecule has 0 bridgehead atoms. The molecule has 148 valence electrons. The second kappa shape index (κ2) is 8.52. The van der Waals surface area contributed by atoms with Crippen LogP contribution in [0.3, 0.4) is 0 Å². The fraction of sp³-hybridized carbons (Fsp3) is 0.269. The SMILES string of the molecule is CCCCCCn1cc(/C=C/c2cc(=O)oc3cc(C)ccc23)c2ccccc21. The lowest BCUT2D eigenvalue weighted by molar-refractivity contribution is 0.560. The first kappa shape index (κ1) is 19.3. The number of aryl methyl sites for hydroxylation is 2. The van der Waals surface area contributed by atoms with Crippen LogP contribution in [-0.4, -0.2) is 4.57 Å². The Morgan fingerprint density at radius 1 is 0.931 bits per heavy atom. The molecule has 0 saturated heterocycles. The van der Waals surface area contributed by atoms with Crippen LogP contribution in [0.1, 0.15) is 49.3 Å². The fourth-order valence-corrected chi connectivity index (χ4v) is 3.91. The molecule has 4 rings (SSSR count). The van der Waals surface area contributed by atoms with Crippen LogP contribution in [0.4, 0.5) is 0 Å². The highest BCUT2D eigenvalue weighted by atomic mass is 16.4. The van der Waals surface area contributed by atoms with Crippen LogP contribution in [0, 0.1) is 6.92 Å². The lowest BCUT2D eigenvalue weighted by atomic mass is 10.1. The Balaban J connectivity index is 1.70. The number of nitrogens with zero attached hydrogens (tertiary/aromatic N) is 1. The second-order valence-electron chi connectivity index (χ2n) is 7.71. The first-order valence-corrected chi connectivity index (χ1v) is 10.5. The summed E-state index contributed by atoms with van der Waals surface area (Å²) in [5.41, 5.74) is 4.71. The van der Waals surface area contributed by atoms with Crippen LogP contribution in [0.2, 0.25) is 0 Å². The summed E-state index contributed by atoms with van der Waals surface area (Å²) in [4.78, 5) is 12.0. The molecule has 0 unspecified atom stereocenters. The van der Waals surface area contributed by atoms with Gasteiger partial charge in [-0.3, -0.25) is 0 Å². The molecule has 0 N–H and O–H groups in total. The first-order chi connectivity index (χ1) is 14.2. The number of unbranched alkanes of at least 4 members (excludes halogenated alkanes) is 3. The van der Waals surface area contributed by atoms with Crippen LogP contribution in [0.5, 0.6) is 0 Å². The van der Waals surface area contributed by atoms with Crippen molar-refractivity contribution in [2.24, 2.45) is 0 Å². The van der Waals surface area contributed by atoms with Crippen molar-refractivity contribution in [3.8, 4) is 0 Å². The highest BCUT2D eigenvalue weighted by Gasteiger charge is 2.07. The molecular weight excluding hydrogens is 358 g/mol. The van der Waals surface area contributed by atoms with Crippen molar-refractivity contribution >= 4 is 34.0 Å². The minimum atomic E-state index is -0.318. The van der Waals surface area contributed by atoms with Gasteiger partial charge in [0.1, 0.15) is 5.58 Å². The van der Waals surface area contributed by atoms with Gasteiger partial charge in [0.25, 0.3) is 0 Å². The third-order valence-corrected chi connectivity index (χ3v) is 5.45. The number of fused-ring (bicyclic) bond motifs is 2. The van der Waals surface area contributed by atoms with E-state index < -0.39 is 0 Å². The normalized spacial score (nSPS) is 11.8. The molecule has 0 aliphatic carbocycles. The maximum atomic E-state index is 12.0. The van der Waals surface area contributed by atoms with Gasteiger partial charge in [-0.25, -0.2) is 4.79 Å². The predicted molar refractivity (Wildman–Crippen MR) is 122 cm³/mol. The number of benzene rings is 2. The van der Waals surface area contributed by atoms with E-state index in [0.29, 0.717) is 5.58 Å². The van der Waals surface area contributed by atoms with Crippen LogP contribution in [-0.2, 0) is 6.54 Å². The van der Waals surface area contributed by atoms with Crippen LogP contribution >= 0.6 is 0 Å². The molecule has 3 heteroatoms. The molecule has 0 amide bonds. The number of hydrogen-bond acceptors (Lipinski definition) is 2. The summed E-state index contributed by atoms with van der Waals surface area (Å²) in [5, 5.41) is 2.19. The van der Waals surface area contributed by atoms with E-state index in [1.165, 1.54) is 42.1 Å². The van der Waals surface area contributed by atoms with Gasteiger partial charge in [0, 0.05) is 35.1 Å². The zero-order chi connectivity index (χ0) is 20.2. The molecule has 2 aromatic heterocycles. The van der Waals surface area contributed by atoms with E-state index in [1.807, 2.05) is 31.2 Å². The Morgan fingerprint density at radius 2 is 1.76 bits per heavy atom. The maximum Gasteiger partial charge on any atom is 0.336 e. The van der Waals surface area contributed by atoms with Gasteiger partial charge in [0.2, 0.25) is 0 Å². The second-order valence-corrected chi connectivity index (χ2v) is 7.71. The molecule has 0 aliphatic rings. The smallest absolute Gasteiger partial charge is 0.336 e. The van der Waals surface area contributed by atoms with Gasteiger partial charge >= 0.3 is 5.63 Å². The lowest BCUT2D eigenvalue weighted by Crippen LogP contribution is -1.98. The molecule has 2 heterocycles. The minimum absolute atomic E-state index is 0.318. The molecule has 0 spiro atoms. The van der Waals surface area contributed by atoms with Crippen molar-refractivity contribution in [2.75, 3.05) is 0 Å². The standard InChI is InChI=1S/C26H27NO2/c1-3-4-5-8-15-27-18-21(22-9-6-7-10-24(22)27)13-12-20-17-26(28)29-25-16-19(2)11-14-23(20)25/h6-7,9-14,16-18H,3-5,8,15H2,1-2H3/b13-12+. The molecule has 0 aliphatic heterocycles. The van der Waals surface area contributed by atoms with Gasteiger partial charge in [-0.2, -0.15) is 0 Å². The Kier molecular flexibility index (Phi) is 5.66. The van der Waals surface area contributed by atoms with Crippen LogP contribution in [0.15, 0.2) is 63.9 Å². The first-order valence-electron chi connectivity index (χ1n) is 10.5. The Bertz CT molecular complexity index is 1230. The Labute approximate surface area is 171 Å². The predicted octanol–water partition coefficient (Wildman–Crippen LogP) is 6.81. The third-order valence-electron chi connectivity index (χ3n) is 5.45. The van der Waals surface area contributed by atoms with Gasteiger partial charge in [-0.1, -0.05) is 68.7 Å². The third kappa shape index (κ3) is 4.19. The monoisotopic (exact) mass is 385 g/mol. The number of para-hydroxylation sites is 1. The summed E-state index contributed by atoms with van der Waals surface area (Å²) >= 11 is 0. The molecule has 3 nitrogen and oxygen atoms in total. The summed E-state index contributed by atoms with van der Waals surface area (Å²) in [7, 11) is 0. The fourth-order valence-electron chi connectivity index (χ4n) is 3.91. The van der Waals surface area contributed by atoms with E-state index in [9.17, 15) is 4.79 Å². The quantitative estimate of drug-likeness (QED) is 0.259. The maximum absolute atomic E-state index is 12.0. The Morgan fingerprint density at radius 3 is 2.62 bits per heavy atom. The van der Waals surface area contributed by atoms with E-state index in [0.717, 1.165) is 23.1 Å². The van der Waals surface area contributed by atoms with Crippen LogP contribution < -0.4 is 5.63 Å². The van der Waals surface area contributed by atoms with Gasteiger partial charge in [-0.05, 0) is 42.2 Å². The zero-order valence-corrected chi connectivity index (χ0v) is 17.2. The minimum Gasteiger partial charge on any atom is -0.423 e.